The number of nitrogens with zero attached hydrogens (tertiary/aromatic N) is 1. The molecule has 0 aromatic heterocycles. The van der Waals surface area contributed by atoms with Crippen molar-refractivity contribution in [1.82, 2.24) is 4.90 Å². The van der Waals surface area contributed by atoms with E-state index in [1.165, 1.54) is 6.08 Å². The van der Waals surface area contributed by atoms with Gasteiger partial charge in [-0.05, 0) is 66.7 Å². The Kier molecular flexibility index (Phi) is 6.84. The van der Waals surface area contributed by atoms with Gasteiger partial charge in [-0.3, -0.25) is 19.3 Å². The second-order valence-corrected chi connectivity index (χ2v) is 7.75. The highest BCUT2D eigenvalue weighted by molar-refractivity contribution is 8.18. The molecule has 0 radical (unpaired) electrons. The average Bonchev–Trinajstić information content (AvgIpc) is 2.94. The number of carbonyl (C=O) groups excluding carboxylic acids is 3. The van der Waals surface area contributed by atoms with E-state index in [4.69, 9.17) is 27.9 Å². The highest BCUT2D eigenvalue weighted by Crippen LogP contribution is 2.33. The molecule has 2 aromatic carbocycles. The molecule has 0 atom stereocenters. The lowest BCUT2D eigenvalue weighted by Gasteiger charge is -2.12. The van der Waals surface area contributed by atoms with Gasteiger partial charge in [-0.2, -0.15) is 0 Å². The van der Waals surface area contributed by atoms with Crippen LogP contribution in [0.2, 0.25) is 10.0 Å². The van der Waals surface area contributed by atoms with Gasteiger partial charge in [0.15, 0.2) is 0 Å². The summed E-state index contributed by atoms with van der Waals surface area (Å²) in [6.07, 6.45) is 1.54. The first-order valence-electron chi connectivity index (χ1n) is 8.60. The minimum atomic E-state index is -0.534. The van der Waals surface area contributed by atoms with E-state index >= 15 is 0 Å². The molecule has 29 heavy (non-hydrogen) atoms. The number of amides is 3. The largest absolute Gasteiger partial charge is 0.494 e. The van der Waals surface area contributed by atoms with Gasteiger partial charge in [-0.1, -0.05) is 29.3 Å². The van der Waals surface area contributed by atoms with Crippen LogP contribution >= 0.6 is 35.0 Å². The lowest BCUT2D eigenvalue weighted by atomic mass is 10.2. The maximum atomic E-state index is 12.5. The summed E-state index contributed by atoms with van der Waals surface area (Å²) in [5.41, 5.74) is 1.17. The first kappa shape index (κ1) is 21.2. The van der Waals surface area contributed by atoms with Crippen LogP contribution in [-0.4, -0.2) is 35.1 Å². The summed E-state index contributed by atoms with van der Waals surface area (Å²) in [7, 11) is 0. The highest BCUT2D eigenvalue weighted by atomic mass is 35.5. The van der Waals surface area contributed by atoms with Gasteiger partial charge < -0.3 is 10.1 Å². The molecule has 0 bridgehead atoms. The fourth-order valence-corrected chi connectivity index (χ4v) is 3.68. The highest BCUT2D eigenvalue weighted by Gasteiger charge is 2.36. The number of imide groups is 1. The van der Waals surface area contributed by atoms with E-state index in [1.54, 1.807) is 42.5 Å². The van der Waals surface area contributed by atoms with E-state index in [0.29, 0.717) is 33.7 Å². The Morgan fingerprint density at radius 2 is 1.86 bits per heavy atom. The van der Waals surface area contributed by atoms with Crippen molar-refractivity contribution in [3.8, 4) is 5.75 Å². The zero-order chi connectivity index (χ0) is 21.0. The van der Waals surface area contributed by atoms with Gasteiger partial charge in [-0.25, -0.2) is 0 Å². The van der Waals surface area contributed by atoms with Crippen molar-refractivity contribution >= 4 is 63.8 Å². The molecule has 3 amide bonds. The van der Waals surface area contributed by atoms with Crippen LogP contribution in [0.3, 0.4) is 0 Å². The maximum Gasteiger partial charge on any atom is 0.294 e. The van der Waals surface area contributed by atoms with Crippen LogP contribution in [0.15, 0.2) is 47.4 Å². The average molecular weight is 451 g/mol. The van der Waals surface area contributed by atoms with E-state index < -0.39 is 17.1 Å². The van der Waals surface area contributed by atoms with Gasteiger partial charge >= 0.3 is 0 Å². The molecule has 1 heterocycles. The van der Waals surface area contributed by atoms with Crippen molar-refractivity contribution in [2.75, 3.05) is 18.5 Å². The fraction of sp³-hybridized carbons (Fsp3) is 0.150. The molecule has 0 saturated carbocycles. The molecule has 3 rings (SSSR count). The van der Waals surface area contributed by atoms with Gasteiger partial charge in [0.25, 0.3) is 11.1 Å². The van der Waals surface area contributed by atoms with Crippen LogP contribution < -0.4 is 10.1 Å². The van der Waals surface area contributed by atoms with Gasteiger partial charge in [0, 0.05) is 5.69 Å². The molecule has 1 saturated heterocycles. The molecule has 9 heteroatoms. The third-order valence-corrected chi connectivity index (χ3v) is 5.51. The predicted octanol–water partition coefficient (Wildman–Crippen LogP) is 5.07. The number of rotatable bonds is 6. The van der Waals surface area contributed by atoms with Crippen molar-refractivity contribution in [3.05, 3.63) is 63.0 Å². The van der Waals surface area contributed by atoms with Crippen LogP contribution in [0, 0.1) is 0 Å². The van der Waals surface area contributed by atoms with E-state index in [0.717, 1.165) is 16.7 Å². The number of thioether (sulfide) groups is 1. The fourth-order valence-electron chi connectivity index (χ4n) is 2.54. The maximum absolute atomic E-state index is 12.5. The summed E-state index contributed by atoms with van der Waals surface area (Å²) in [6, 6.07) is 11.7. The third-order valence-electron chi connectivity index (χ3n) is 3.87. The van der Waals surface area contributed by atoms with E-state index in [2.05, 4.69) is 5.32 Å². The Hall–Kier alpha value is -2.48. The summed E-state index contributed by atoms with van der Waals surface area (Å²) in [5.74, 6) is -0.330. The minimum absolute atomic E-state index is 0.210. The SMILES string of the molecule is CCOc1ccc(NC(=O)CN2C(=O)S/C(=C/c3ccc(Cl)c(Cl)c3)C2=O)cc1. The summed E-state index contributed by atoms with van der Waals surface area (Å²) < 4.78 is 5.34. The second-order valence-electron chi connectivity index (χ2n) is 5.95. The molecule has 6 nitrogen and oxygen atoms in total. The lowest BCUT2D eigenvalue weighted by molar-refractivity contribution is -0.127. The zero-order valence-electron chi connectivity index (χ0n) is 15.3. The van der Waals surface area contributed by atoms with E-state index in [1.807, 2.05) is 6.92 Å². The third kappa shape index (κ3) is 5.32. The molecule has 150 valence electrons. The smallest absolute Gasteiger partial charge is 0.294 e. The minimum Gasteiger partial charge on any atom is -0.494 e. The number of carbonyl (C=O) groups is 3. The van der Waals surface area contributed by atoms with Crippen molar-refractivity contribution in [2.24, 2.45) is 0 Å². The van der Waals surface area contributed by atoms with Gasteiger partial charge in [0.1, 0.15) is 12.3 Å². The van der Waals surface area contributed by atoms with Gasteiger partial charge in [-0.15, -0.1) is 0 Å². The molecule has 1 aliphatic heterocycles. The number of halogens is 2. The molecule has 1 N–H and O–H groups in total. The standard InChI is InChI=1S/C20H16Cl2N2O4S/c1-2-28-14-6-4-13(5-7-14)23-18(25)11-24-19(26)17(29-20(24)27)10-12-3-8-15(21)16(22)9-12/h3-10H,2,11H2,1H3,(H,23,25)/b17-10+. The predicted molar refractivity (Wildman–Crippen MR) is 115 cm³/mol. The Morgan fingerprint density at radius 1 is 1.14 bits per heavy atom. The van der Waals surface area contributed by atoms with Crippen LogP contribution in [0.5, 0.6) is 5.75 Å². The number of hydrogen-bond donors (Lipinski definition) is 1. The number of nitrogens with one attached hydrogen (secondary N) is 1. The van der Waals surface area contributed by atoms with Crippen LogP contribution in [0.4, 0.5) is 10.5 Å². The zero-order valence-corrected chi connectivity index (χ0v) is 17.6. The molecule has 1 aliphatic rings. The topological polar surface area (TPSA) is 75.7 Å². The molecule has 1 fully saturated rings. The Bertz CT molecular complexity index is 992. The Labute approximate surface area is 181 Å². The quantitative estimate of drug-likeness (QED) is 0.621. The van der Waals surface area contributed by atoms with Gasteiger partial charge in [0.05, 0.1) is 21.6 Å². The summed E-state index contributed by atoms with van der Waals surface area (Å²) in [6.45, 7) is 2.04. The number of ether oxygens (including phenoxy) is 1. The number of benzene rings is 2. The molecule has 2 aromatic rings. The van der Waals surface area contributed by atoms with Crippen molar-refractivity contribution in [1.29, 1.82) is 0 Å². The van der Waals surface area contributed by atoms with Crippen molar-refractivity contribution < 1.29 is 19.1 Å². The van der Waals surface area contributed by atoms with Gasteiger partial charge in [0.2, 0.25) is 5.91 Å². The Balaban J connectivity index is 1.65. The number of anilines is 1. The Morgan fingerprint density at radius 3 is 2.52 bits per heavy atom. The molecular weight excluding hydrogens is 435 g/mol. The molecular formula is C20H16Cl2N2O4S. The van der Waals surface area contributed by atoms with Crippen LogP contribution in [0.25, 0.3) is 6.08 Å². The first-order chi connectivity index (χ1) is 13.9. The molecule has 0 aliphatic carbocycles. The first-order valence-corrected chi connectivity index (χ1v) is 10.2. The molecule has 0 unspecified atom stereocenters. The summed E-state index contributed by atoms with van der Waals surface area (Å²) in [4.78, 5) is 38.1. The van der Waals surface area contributed by atoms with Crippen LogP contribution in [0.1, 0.15) is 12.5 Å². The second kappa shape index (κ2) is 9.35. The lowest BCUT2D eigenvalue weighted by Crippen LogP contribution is -2.36. The summed E-state index contributed by atoms with van der Waals surface area (Å²) in [5, 5.41) is 2.88. The molecule has 0 spiro atoms. The number of hydrogen-bond acceptors (Lipinski definition) is 5. The van der Waals surface area contributed by atoms with Crippen molar-refractivity contribution in [2.45, 2.75) is 6.92 Å². The normalized spacial score (nSPS) is 15.1. The van der Waals surface area contributed by atoms with E-state index in [-0.39, 0.29) is 11.4 Å². The van der Waals surface area contributed by atoms with E-state index in [9.17, 15) is 14.4 Å². The van der Waals surface area contributed by atoms with Crippen molar-refractivity contribution in [3.63, 3.8) is 0 Å². The summed E-state index contributed by atoms with van der Waals surface area (Å²) >= 11 is 12.6. The monoisotopic (exact) mass is 450 g/mol. The van der Waals surface area contributed by atoms with Crippen LogP contribution in [-0.2, 0) is 9.59 Å².